The van der Waals surface area contributed by atoms with E-state index in [1.54, 1.807) is 0 Å². The first kappa shape index (κ1) is 16.5. The summed E-state index contributed by atoms with van der Waals surface area (Å²) in [4.78, 5) is 16.9. The highest BCUT2D eigenvalue weighted by atomic mass is 16.2. The van der Waals surface area contributed by atoms with Gasteiger partial charge in [0, 0.05) is 25.6 Å². The van der Waals surface area contributed by atoms with E-state index in [0.29, 0.717) is 23.8 Å². The van der Waals surface area contributed by atoms with Crippen LogP contribution in [0.2, 0.25) is 0 Å². The SMILES string of the molecule is CC(c1ccccc1)N1CCC(CN(C)C(=O)C2CCC2)CC1. The molecule has 0 radical (unpaired) electrons. The van der Waals surface area contributed by atoms with Crippen LogP contribution in [-0.2, 0) is 4.79 Å². The molecule has 3 heteroatoms. The summed E-state index contributed by atoms with van der Waals surface area (Å²) in [6, 6.07) is 11.3. The first-order valence-corrected chi connectivity index (χ1v) is 9.19. The molecular weight excluding hydrogens is 284 g/mol. The zero-order chi connectivity index (χ0) is 16.2. The first-order chi connectivity index (χ1) is 11.1. The van der Waals surface area contributed by atoms with Gasteiger partial charge in [-0.1, -0.05) is 36.8 Å². The van der Waals surface area contributed by atoms with Crippen LogP contribution in [0.1, 0.15) is 50.6 Å². The lowest BCUT2D eigenvalue weighted by Crippen LogP contribution is -2.42. The third kappa shape index (κ3) is 3.95. The Bertz CT molecular complexity index is 504. The minimum Gasteiger partial charge on any atom is -0.345 e. The van der Waals surface area contributed by atoms with Crippen LogP contribution >= 0.6 is 0 Å². The number of amides is 1. The molecule has 0 bridgehead atoms. The maximum absolute atomic E-state index is 12.3. The van der Waals surface area contributed by atoms with Crippen molar-refractivity contribution in [1.82, 2.24) is 9.80 Å². The van der Waals surface area contributed by atoms with Crippen molar-refractivity contribution in [2.24, 2.45) is 11.8 Å². The van der Waals surface area contributed by atoms with Crippen LogP contribution in [0.3, 0.4) is 0 Å². The molecule has 0 N–H and O–H groups in total. The maximum atomic E-state index is 12.3. The van der Waals surface area contributed by atoms with Crippen molar-refractivity contribution >= 4 is 5.91 Å². The van der Waals surface area contributed by atoms with Gasteiger partial charge in [-0.2, -0.15) is 0 Å². The summed E-state index contributed by atoms with van der Waals surface area (Å²) in [6.07, 6.45) is 5.87. The third-order valence-electron chi connectivity index (χ3n) is 5.84. The normalized spacial score (nSPS) is 21.7. The van der Waals surface area contributed by atoms with Crippen molar-refractivity contribution in [3.8, 4) is 0 Å². The molecule has 1 unspecified atom stereocenters. The van der Waals surface area contributed by atoms with Crippen LogP contribution in [0.25, 0.3) is 0 Å². The smallest absolute Gasteiger partial charge is 0.225 e. The van der Waals surface area contributed by atoms with Gasteiger partial charge in [0.15, 0.2) is 0 Å². The average Bonchev–Trinajstić information content (AvgIpc) is 2.54. The van der Waals surface area contributed by atoms with Crippen molar-refractivity contribution in [2.45, 2.75) is 45.1 Å². The fourth-order valence-corrected chi connectivity index (χ4v) is 3.91. The summed E-state index contributed by atoms with van der Waals surface area (Å²) in [5.41, 5.74) is 1.41. The number of likely N-dealkylation sites (tertiary alicyclic amines) is 1. The molecule has 1 atom stereocenters. The van der Waals surface area contributed by atoms with E-state index >= 15 is 0 Å². The van der Waals surface area contributed by atoms with Gasteiger partial charge in [-0.25, -0.2) is 0 Å². The van der Waals surface area contributed by atoms with Gasteiger partial charge in [0.25, 0.3) is 0 Å². The molecule has 3 nitrogen and oxygen atoms in total. The second-order valence-corrected chi connectivity index (χ2v) is 7.41. The van der Waals surface area contributed by atoms with E-state index in [1.165, 1.54) is 24.8 Å². The van der Waals surface area contributed by atoms with Crippen molar-refractivity contribution in [3.05, 3.63) is 35.9 Å². The van der Waals surface area contributed by atoms with Crippen molar-refractivity contribution in [2.75, 3.05) is 26.7 Å². The van der Waals surface area contributed by atoms with E-state index in [4.69, 9.17) is 0 Å². The van der Waals surface area contributed by atoms with Crippen molar-refractivity contribution in [1.29, 1.82) is 0 Å². The van der Waals surface area contributed by atoms with E-state index in [0.717, 1.165) is 32.5 Å². The molecule has 1 aliphatic carbocycles. The Morgan fingerprint density at radius 1 is 1.17 bits per heavy atom. The summed E-state index contributed by atoms with van der Waals surface area (Å²) in [5.74, 6) is 1.39. The summed E-state index contributed by atoms with van der Waals surface area (Å²) >= 11 is 0. The molecule has 1 aromatic carbocycles. The zero-order valence-corrected chi connectivity index (χ0v) is 14.6. The van der Waals surface area contributed by atoms with Crippen molar-refractivity contribution < 1.29 is 4.79 Å². The van der Waals surface area contributed by atoms with Crippen molar-refractivity contribution in [3.63, 3.8) is 0 Å². The molecule has 1 saturated heterocycles. The standard InChI is InChI=1S/C20H30N2O/c1-16(18-7-4-3-5-8-18)22-13-11-17(12-14-22)15-21(2)20(23)19-9-6-10-19/h3-5,7-8,16-17,19H,6,9-15H2,1-2H3. The Hall–Kier alpha value is -1.35. The molecule has 126 valence electrons. The van der Waals surface area contributed by atoms with Gasteiger partial charge in [-0.05, 0) is 57.2 Å². The Morgan fingerprint density at radius 2 is 1.83 bits per heavy atom. The number of carbonyl (C=O) groups is 1. The largest absolute Gasteiger partial charge is 0.345 e. The Labute approximate surface area is 140 Å². The predicted octanol–water partition coefficient (Wildman–Crippen LogP) is 3.72. The van der Waals surface area contributed by atoms with Gasteiger partial charge < -0.3 is 4.90 Å². The average molecular weight is 314 g/mol. The second kappa shape index (κ2) is 7.48. The minimum absolute atomic E-state index is 0.332. The van der Waals surface area contributed by atoms with E-state index in [1.807, 2.05) is 11.9 Å². The number of hydrogen-bond donors (Lipinski definition) is 0. The molecule has 1 aliphatic heterocycles. The minimum atomic E-state index is 0.332. The summed E-state index contributed by atoms with van der Waals surface area (Å²) in [7, 11) is 2.00. The van der Waals surface area contributed by atoms with E-state index in [9.17, 15) is 4.79 Å². The van der Waals surface area contributed by atoms with Crippen LogP contribution in [-0.4, -0.2) is 42.4 Å². The van der Waals surface area contributed by atoms with Crippen LogP contribution < -0.4 is 0 Å². The molecule has 1 aromatic rings. The Kier molecular flexibility index (Phi) is 5.37. The fraction of sp³-hybridized carbons (Fsp3) is 0.650. The Morgan fingerprint density at radius 3 is 2.39 bits per heavy atom. The van der Waals surface area contributed by atoms with E-state index < -0.39 is 0 Å². The van der Waals surface area contributed by atoms with Gasteiger partial charge >= 0.3 is 0 Å². The molecule has 1 saturated carbocycles. The maximum Gasteiger partial charge on any atom is 0.225 e. The molecule has 1 amide bonds. The Balaban J connectivity index is 1.45. The number of nitrogens with zero attached hydrogens (tertiary/aromatic N) is 2. The molecule has 3 rings (SSSR count). The van der Waals surface area contributed by atoms with Crippen LogP contribution in [0.5, 0.6) is 0 Å². The van der Waals surface area contributed by atoms with Gasteiger partial charge in [0.05, 0.1) is 0 Å². The molecule has 0 aromatic heterocycles. The van der Waals surface area contributed by atoms with E-state index in [2.05, 4.69) is 42.2 Å². The number of hydrogen-bond acceptors (Lipinski definition) is 2. The fourth-order valence-electron chi connectivity index (χ4n) is 3.91. The monoisotopic (exact) mass is 314 g/mol. The van der Waals surface area contributed by atoms with Crippen LogP contribution in [0.4, 0.5) is 0 Å². The topological polar surface area (TPSA) is 23.6 Å². The van der Waals surface area contributed by atoms with Gasteiger partial charge in [-0.15, -0.1) is 0 Å². The summed E-state index contributed by atoms with van der Waals surface area (Å²) < 4.78 is 0. The second-order valence-electron chi connectivity index (χ2n) is 7.41. The molecule has 0 spiro atoms. The number of piperidine rings is 1. The number of rotatable bonds is 5. The lowest BCUT2D eigenvalue weighted by atomic mass is 9.84. The van der Waals surface area contributed by atoms with Gasteiger partial charge in [-0.3, -0.25) is 9.69 Å². The molecule has 23 heavy (non-hydrogen) atoms. The van der Waals surface area contributed by atoms with Crippen LogP contribution in [0.15, 0.2) is 30.3 Å². The highest BCUT2D eigenvalue weighted by Gasteiger charge is 2.30. The molecule has 2 aliphatic rings. The highest BCUT2D eigenvalue weighted by Crippen LogP contribution is 2.30. The molecule has 2 fully saturated rings. The summed E-state index contributed by atoms with van der Waals surface area (Å²) in [6.45, 7) is 5.54. The van der Waals surface area contributed by atoms with Crippen LogP contribution in [0, 0.1) is 11.8 Å². The van der Waals surface area contributed by atoms with Gasteiger partial charge in [0.2, 0.25) is 5.91 Å². The first-order valence-electron chi connectivity index (χ1n) is 9.19. The predicted molar refractivity (Wildman–Crippen MR) is 94.1 cm³/mol. The summed E-state index contributed by atoms with van der Waals surface area (Å²) in [5, 5.41) is 0. The molecule has 1 heterocycles. The quantitative estimate of drug-likeness (QED) is 0.827. The third-order valence-corrected chi connectivity index (χ3v) is 5.84. The molecular formula is C20H30N2O. The number of carbonyl (C=O) groups excluding carboxylic acids is 1. The number of benzene rings is 1. The zero-order valence-electron chi connectivity index (χ0n) is 14.6. The lowest BCUT2D eigenvalue weighted by molar-refractivity contribution is -0.137. The lowest BCUT2D eigenvalue weighted by Gasteiger charge is -2.38. The van der Waals surface area contributed by atoms with Gasteiger partial charge in [0.1, 0.15) is 0 Å². The van der Waals surface area contributed by atoms with E-state index in [-0.39, 0.29) is 0 Å². The highest BCUT2D eigenvalue weighted by molar-refractivity contribution is 5.79.